The van der Waals surface area contributed by atoms with E-state index >= 15 is 0 Å². The third kappa shape index (κ3) is 19.9. The molecular formula is C13H17ClZr. The Morgan fingerprint density at radius 1 is 0.733 bits per heavy atom. The van der Waals surface area contributed by atoms with Crippen LogP contribution in [0.3, 0.4) is 0 Å². The van der Waals surface area contributed by atoms with Gasteiger partial charge in [-0.1, -0.05) is 0 Å². The van der Waals surface area contributed by atoms with Crippen LogP contribution in [-0.4, -0.2) is 6.38 Å². The van der Waals surface area contributed by atoms with E-state index in [1.807, 2.05) is 60.7 Å². The second-order valence-electron chi connectivity index (χ2n) is 1.92. The van der Waals surface area contributed by atoms with E-state index in [1.54, 1.807) is 0 Å². The SMILES string of the molecule is C=C.CCl.[Zr+2].c1cc[cH-]c1.c1cc[cH-]c1. The smallest absolute Gasteiger partial charge is 0.214 e. The van der Waals surface area contributed by atoms with Gasteiger partial charge in [-0.05, 0) is 0 Å². The zero-order valence-corrected chi connectivity index (χ0v) is 12.3. The minimum atomic E-state index is 0. The minimum Gasteiger partial charge on any atom is -0.214 e. The molecule has 0 fully saturated rings. The van der Waals surface area contributed by atoms with Crippen molar-refractivity contribution >= 4 is 11.6 Å². The van der Waals surface area contributed by atoms with Gasteiger partial charge in [-0.15, -0.1) is 24.8 Å². The molecule has 0 saturated heterocycles. The van der Waals surface area contributed by atoms with E-state index < -0.39 is 0 Å². The van der Waals surface area contributed by atoms with Gasteiger partial charge in [-0.3, -0.25) is 0 Å². The third-order valence-electron chi connectivity index (χ3n) is 1.11. The maximum absolute atomic E-state index is 4.64. The van der Waals surface area contributed by atoms with Gasteiger partial charge in [0, 0.05) is 6.38 Å². The number of rotatable bonds is 0. The summed E-state index contributed by atoms with van der Waals surface area (Å²) in [6.45, 7) is 6.00. The molecule has 0 saturated carbocycles. The molecule has 2 aromatic carbocycles. The largest absolute Gasteiger partial charge is 2.00 e. The zero-order chi connectivity index (χ0) is 11.1. The fraction of sp³-hybridized carbons (Fsp3) is 0.0769. The Labute approximate surface area is 117 Å². The van der Waals surface area contributed by atoms with E-state index in [0.29, 0.717) is 0 Å². The maximum atomic E-state index is 4.64. The Morgan fingerprint density at radius 2 is 0.933 bits per heavy atom. The fourth-order valence-corrected chi connectivity index (χ4v) is 0.642. The third-order valence-corrected chi connectivity index (χ3v) is 1.11. The van der Waals surface area contributed by atoms with Crippen LogP contribution in [0.25, 0.3) is 0 Å². The van der Waals surface area contributed by atoms with Gasteiger partial charge < -0.3 is 0 Å². The van der Waals surface area contributed by atoms with Crippen LogP contribution in [0.2, 0.25) is 0 Å². The number of hydrogen-bond acceptors (Lipinski definition) is 0. The monoisotopic (exact) mass is 298 g/mol. The first-order chi connectivity index (χ1) is 7.00. The van der Waals surface area contributed by atoms with Gasteiger partial charge in [0.15, 0.2) is 0 Å². The van der Waals surface area contributed by atoms with Gasteiger partial charge in [-0.2, -0.15) is 36.4 Å². The van der Waals surface area contributed by atoms with Crippen molar-refractivity contribution in [3.8, 4) is 0 Å². The molecular weight excluding hydrogens is 283 g/mol. The van der Waals surface area contributed by atoms with Crippen LogP contribution in [-0.2, 0) is 26.2 Å². The molecule has 0 unspecified atom stereocenters. The van der Waals surface area contributed by atoms with E-state index in [1.165, 1.54) is 6.38 Å². The summed E-state index contributed by atoms with van der Waals surface area (Å²) < 4.78 is 0. The molecule has 0 aliphatic rings. The summed E-state index contributed by atoms with van der Waals surface area (Å²) in [5.41, 5.74) is 0. The normalized spacial score (nSPS) is 6.00. The van der Waals surface area contributed by atoms with E-state index in [4.69, 9.17) is 0 Å². The molecule has 0 aromatic heterocycles. The van der Waals surface area contributed by atoms with E-state index in [-0.39, 0.29) is 26.2 Å². The quantitative estimate of drug-likeness (QED) is 0.383. The predicted octanol–water partition coefficient (Wildman–Crippen LogP) is 4.47. The van der Waals surface area contributed by atoms with Crippen molar-refractivity contribution in [2.45, 2.75) is 0 Å². The van der Waals surface area contributed by atoms with Crippen LogP contribution in [0, 0.1) is 0 Å². The van der Waals surface area contributed by atoms with Gasteiger partial charge in [0.1, 0.15) is 0 Å². The molecule has 0 bridgehead atoms. The van der Waals surface area contributed by atoms with Crippen LogP contribution in [0.1, 0.15) is 0 Å². The van der Waals surface area contributed by atoms with Crippen molar-refractivity contribution < 1.29 is 26.2 Å². The summed E-state index contributed by atoms with van der Waals surface area (Å²) in [6, 6.07) is 20.0. The number of halogens is 1. The zero-order valence-electron chi connectivity index (χ0n) is 9.07. The molecule has 0 N–H and O–H groups in total. The molecule has 0 radical (unpaired) electrons. The van der Waals surface area contributed by atoms with Crippen molar-refractivity contribution in [2.24, 2.45) is 0 Å². The Hall–Kier alpha value is -0.387. The Kier molecular flexibility index (Phi) is 31.4. The average molecular weight is 300 g/mol. The molecule has 80 valence electrons. The summed E-state index contributed by atoms with van der Waals surface area (Å²) in [5.74, 6) is 0. The van der Waals surface area contributed by atoms with Crippen molar-refractivity contribution in [1.29, 1.82) is 0 Å². The minimum absolute atomic E-state index is 0. The molecule has 0 aliphatic heterocycles. The van der Waals surface area contributed by atoms with Gasteiger partial charge >= 0.3 is 26.2 Å². The van der Waals surface area contributed by atoms with Gasteiger partial charge in [0.2, 0.25) is 0 Å². The summed E-state index contributed by atoms with van der Waals surface area (Å²) in [4.78, 5) is 0. The topological polar surface area (TPSA) is 0 Å². The van der Waals surface area contributed by atoms with Gasteiger partial charge in [0.25, 0.3) is 0 Å². The van der Waals surface area contributed by atoms with E-state index in [0.717, 1.165) is 0 Å². The van der Waals surface area contributed by atoms with E-state index in [9.17, 15) is 0 Å². The maximum Gasteiger partial charge on any atom is 2.00 e. The summed E-state index contributed by atoms with van der Waals surface area (Å²) in [5, 5.41) is 0. The van der Waals surface area contributed by atoms with Crippen LogP contribution >= 0.6 is 11.6 Å². The second kappa shape index (κ2) is 23.4. The molecule has 0 heterocycles. The number of alkyl halides is 1. The predicted molar refractivity (Wildman–Crippen MR) is 67.1 cm³/mol. The first-order valence-corrected chi connectivity index (χ1v) is 4.97. The second-order valence-corrected chi connectivity index (χ2v) is 1.92. The number of hydrogen-bond donors (Lipinski definition) is 0. The molecule has 2 rings (SSSR count). The summed E-state index contributed by atoms with van der Waals surface area (Å²) in [6.07, 6.45) is 1.47. The van der Waals surface area contributed by atoms with Crippen molar-refractivity contribution in [1.82, 2.24) is 0 Å². The van der Waals surface area contributed by atoms with Crippen LogP contribution in [0.15, 0.2) is 73.8 Å². The molecule has 15 heavy (non-hydrogen) atoms. The average Bonchev–Trinajstić information content (AvgIpc) is 3.01. The first kappa shape index (κ1) is 20.1. The van der Waals surface area contributed by atoms with Gasteiger partial charge in [0.05, 0.1) is 0 Å². The van der Waals surface area contributed by atoms with E-state index in [2.05, 4.69) is 24.8 Å². The summed E-state index contributed by atoms with van der Waals surface area (Å²) >= 11 is 4.64. The molecule has 2 heteroatoms. The molecule has 0 atom stereocenters. The molecule has 0 spiro atoms. The van der Waals surface area contributed by atoms with Crippen LogP contribution in [0.4, 0.5) is 0 Å². The Balaban J connectivity index is -0.000000138. The molecule has 0 amide bonds. The van der Waals surface area contributed by atoms with Gasteiger partial charge in [-0.25, -0.2) is 24.3 Å². The van der Waals surface area contributed by atoms with Crippen molar-refractivity contribution in [2.75, 3.05) is 6.38 Å². The van der Waals surface area contributed by atoms with Crippen LogP contribution in [0.5, 0.6) is 0 Å². The van der Waals surface area contributed by atoms with Crippen LogP contribution < -0.4 is 0 Å². The Bertz CT molecular complexity index is 162. The fourth-order valence-electron chi connectivity index (χ4n) is 0.642. The molecule has 2 aromatic rings. The van der Waals surface area contributed by atoms with Crippen molar-refractivity contribution in [3.05, 3.63) is 73.8 Å². The Morgan fingerprint density at radius 3 is 1.00 bits per heavy atom. The standard InChI is InChI=1S/2C5H5.C2H4.CH3Cl.Zr/c2*1-2-4-5-3-1;2*1-2;/h2*1-5H;1-2H2;1H3;/q2*-1;;;+2. The molecule has 0 nitrogen and oxygen atoms in total. The molecule has 0 aliphatic carbocycles. The first-order valence-electron chi connectivity index (χ1n) is 4.21. The van der Waals surface area contributed by atoms with Crippen molar-refractivity contribution in [3.63, 3.8) is 0 Å². The summed E-state index contributed by atoms with van der Waals surface area (Å²) in [7, 11) is 0.